The highest BCUT2D eigenvalue weighted by molar-refractivity contribution is 7.90. The van der Waals surface area contributed by atoms with E-state index in [1.54, 1.807) is 0 Å². The summed E-state index contributed by atoms with van der Waals surface area (Å²) in [5.74, 6) is -1.95. The summed E-state index contributed by atoms with van der Waals surface area (Å²) >= 11 is 0. The number of unbranched alkanes of at least 4 members (excludes halogenated alkanes) is 8. The van der Waals surface area contributed by atoms with Crippen LogP contribution in [0.2, 0.25) is 0 Å². The molecule has 2 amide bonds. The number of hydrogen-bond donors (Lipinski definition) is 2. The minimum absolute atomic E-state index is 0.0659. The lowest BCUT2D eigenvalue weighted by atomic mass is 10.1. The first kappa shape index (κ1) is 31.1. The minimum Gasteiger partial charge on any atom is -0.491 e. The van der Waals surface area contributed by atoms with Crippen LogP contribution in [0.3, 0.4) is 0 Å². The minimum atomic E-state index is -3.81. The van der Waals surface area contributed by atoms with E-state index in [0.29, 0.717) is 6.42 Å². The van der Waals surface area contributed by atoms with E-state index in [0.717, 1.165) is 44.7 Å². The largest absolute Gasteiger partial charge is 0.491 e. The molecule has 0 aliphatic carbocycles. The molecular weight excluding hydrogens is 490 g/mol. The number of carbonyl (C=O) groups is 3. The van der Waals surface area contributed by atoms with Crippen LogP contribution in [0.15, 0.2) is 12.3 Å². The van der Waals surface area contributed by atoms with Crippen LogP contribution in [0.25, 0.3) is 0 Å². The van der Waals surface area contributed by atoms with E-state index in [1.165, 1.54) is 32.4 Å². The van der Waals surface area contributed by atoms with E-state index in [4.69, 9.17) is 14.2 Å². The summed E-state index contributed by atoms with van der Waals surface area (Å²) in [6, 6.07) is 1.20. The molecule has 0 unspecified atom stereocenters. The van der Waals surface area contributed by atoms with Crippen LogP contribution in [0.4, 0.5) is 4.79 Å². The highest BCUT2D eigenvalue weighted by Gasteiger charge is 2.20. The zero-order valence-electron chi connectivity index (χ0n) is 21.5. The first-order valence-corrected chi connectivity index (χ1v) is 14.1. The maximum absolute atomic E-state index is 12.4. The summed E-state index contributed by atoms with van der Waals surface area (Å²) < 4.78 is 41.6. The fourth-order valence-corrected chi connectivity index (χ4v) is 4.19. The molecule has 2 N–H and O–H groups in total. The van der Waals surface area contributed by atoms with Gasteiger partial charge in [-0.05, 0) is 12.8 Å². The molecule has 204 valence electrons. The summed E-state index contributed by atoms with van der Waals surface area (Å²) in [4.78, 5) is 39.8. The maximum atomic E-state index is 12.4. The number of hydrogen-bond acceptors (Lipinski definition) is 9. The van der Waals surface area contributed by atoms with E-state index in [-0.39, 0.29) is 36.1 Å². The molecule has 0 aliphatic heterocycles. The van der Waals surface area contributed by atoms with Gasteiger partial charge in [-0.3, -0.25) is 9.59 Å². The lowest BCUT2D eigenvalue weighted by molar-refractivity contribution is -0.142. The maximum Gasteiger partial charge on any atom is 0.414 e. The summed E-state index contributed by atoms with van der Waals surface area (Å²) in [5, 5.41) is 2.23. The fourth-order valence-electron chi connectivity index (χ4n) is 3.11. The van der Waals surface area contributed by atoms with Crippen molar-refractivity contribution in [2.45, 2.75) is 78.1 Å². The third-order valence-corrected chi connectivity index (χ3v) is 6.47. The third-order valence-electron chi connectivity index (χ3n) is 5.14. The average Bonchev–Trinajstić information content (AvgIpc) is 2.84. The number of esters is 1. The number of pyridine rings is 1. The molecule has 12 heteroatoms. The molecule has 0 bridgehead atoms. The Kier molecular flexibility index (Phi) is 15.2. The van der Waals surface area contributed by atoms with Crippen molar-refractivity contribution in [3.8, 4) is 11.6 Å². The van der Waals surface area contributed by atoms with Crippen LogP contribution >= 0.6 is 0 Å². The Balaban J connectivity index is 2.53. The zero-order valence-corrected chi connectivity index (χ0v) is 22.3. The molecule has 0 aliphatic rings. The zero-order chi connectivity index (χ0) is 26.8. The third kappa shape index (κ3) is 13.3. The molecule has 36 heavy (non-hydrogen) atoms. The van der Waals surface area contributed by atoms with Crippen LogP contribution in [-0.2, 0) is 19.6 Å². The molecule has 0 spiro atoms. The van der Waals surface area contributed by atoms with Gasteiger partial charge in [0.15, 0.2) is 5.75 Å². The molecule has 0 fully saturated rings. The number of sulfonamides is 1. The van der Waals surface area contributed by atoms with Crippen LogP contribution in [-0.4, -0.2) is 57.4 Å². The molecule has 1 heterocycles. The van der Waals surface area contributed by atoms with Gasteiger partial charge in [0.2, 0.25) is 10.0 Å². The number of ether oxygens (including phenoxy) is 3. The van der Waals surface area contributed by atoms with Gasteiger partial charge in [0.25, 0.3) is 11.8 Å². The number of amides is 2. The number of aromatic nitrogens is 1. The van der Waals surface area contributed by atoms with Crippen molar-refractivity contribution >= 4 is 28.0 Å². The summed E-state index contributed by atoms with van der Waals surface area (Å²) in [6.45, 7) is 3.99. The van der Waals surface area contributed by atoms with Crippen molar-refractivity contribution < 1.29 is 37.0 Å². The molecule has 0 radical (unpaired) electrons. The van der Waals surface area contributed by atoms with Gasteiger partial charge in [-0.25, -0.2) is 22.9 Å². The standard InChI is InChI=1S/C24H39N3O8S/c1-4-6-8-9-10-11-12-13-15-36(31,32)27-22(29)19-16-20(33-3)23(25-17-19)35-24(30)26-18-21(28)34-14-7-5-2/h16-17H,4-15,18H2,1-3H3,(H,26,30)(H,27,29). The second-order valence-electron chi connectivity index (χ2n) is 8.27. The number of nitrogens with zero attached hydrogens (tertiary/aromatic N) is 1. The van der Waals surface area contributed by atoms with Gasteiger partial charge < -0.3 is 19.5 Å². The summed E-state index contributed by atoms with van der Waals surface area (Å²) in [5.41, 5.74) is -0.0846. The molecule has 0 atom stereocenters. The van der Waals surface area contributed by atoms with Crippen molar-refractivity contribution in [1.82, 2.24) is 15.0 Å². The van der Waals surface area contributed by atoms with E-state index >= 15 is 0 Å². The number of methoxy groups -OCH3 is 1. The van der Waals surface area contributed by atoms with Crippen molar-refractivity contribution in [2.75, 3.05) is 26.0 Å². The molecule has 0 aromatic carbocycles. The Morgan fingerprint density at radius 3 is 2.22 bits per heavy atom. The van der Waals surface area contributed by atoms with Gasteiger partial charge in [-0.1, -0.05) is 65.2 Å². The monoisotopic (exact) mass is 529 g/mol. The predicted octanol–water partition coefficient (Wildman–Crippen LogP) is 3.72. The van der Waals surface area contributed by atoms with E-state index < -0.39 is 28.0 Å². The van der Waals surface area contributed by atoms with Gasteiger partial charge in [0, 0.05) is 12.3 Å². The quantitative estimate of drug-likeness (QED) is 0.214. The summed E-state index contributed by atoms with van der Waals surface area (Å²) in [6.07, 6.45) is 9.71. The van der Waals surface area contributed by atoms with Crippen LogP contribution in [0, 0.1) is 0 Å². The Hall–Kier alpha value is -2.89. The van der Waals surface area contributed by atoms with Crippen LogP contribution in [0.5, 0.6) is 11.6 Å². The second-order valence-corrected chi connectivity index (χ2v) is 10.1. The number of carbonyl (C=O) groups excluding carboxylic acids is 3. The molecule has 11 nitrogen and oxygen atoms in total. The first-order valence-electron chi connectivity index (χ1n) is 12.4. The molecular formula is C24H39N3O8S. The van der Waals surface area contributed by atoms with Gasteiger partial charge >= 0.3 is 12.1 Å². The second kappa shape index (κ2) is 17.5. The first-order chi connectivity index (χ1) is 17.2. The fraction of sp³-hybridized carbons (Fsp3) is 0.667. The Bertz CT molecular complexity index is 937. The molecule has 1 aromatic heterocycles. The van der Waals surface area contributed by atoms with Crippen LogP contribution in [0.1, 0.15) is 88.4 Å². The van der Waals surface area contributed by atoms with Crippen LogP contribution < -0.4 is 19.5 Å². The lowest BCUT2D eigenvalue weighted by Crippen LogP contribution is -2.33. The predicted molar refractivity (Wildman–Crippen MR) is 135 cm³/mol. The van der Waals surface area contributed by atoms with Gasteiger partial charge in [-0.15, -0.1) is 0 Å². The Labute approximate surface area is 213 Å². The van der Waals surface area contributed by atoms with Crippen molar-refractivity contribution in [3.63, 3.8) is 0 Å². The normalized spacial score (nSPS) is 11.0. The smallest absolute Gasteiger partial charge is 0.414 e. The summed E-state index contributed by atoms with van der Waals surface area (Å²) in [7, 11) is -2.54. The highest BCUT2D eigenvalue weighted by Crippen LogP contribution is 2.25. The van der Waals surface area contributed by atoms with E-state index in [2.05, 4.69) is 17.2 Å². The number of nitrogens with one attached hydrogen (secondary N) is 2. The Morgan fingerprint density at radius 2 is 1.58 bits per heavy atom. The Morgan fingerprint density at radius 1 is 0.944 bits per heavy atom. The molecule has 1 rings (SSSR count). The van der Waals surface area contributed by atoms with Crippen molar-refractivity contribution in [1.29, 1.82) is 0 Å². The number of rotatable bonds is 18. The molecule has 0 saturated carbocycles. The van der Waals surface area contributed by atoms with Gasteiger partial charge in [-0.2, -0.15) is 0 Å². The van der Waals surface area contributed by atoms with Gasteiger partial charge in [0.1, 0.15) is 6.54 Å². The topological polar surface area (TPSA) is 150 Å². The molecule has 1 aromatic rings. The van der Waals surface area contributed by atoms with Crippen molar-refractivity contribution in [2.24, 2.45) is 0 Å². The SMILES string of the molecule is CCCCCCCCCCS(=O)(=O)NC(=O)c1cnc(OC(=O)NCC(=O)OCCCC)c(OC)c1. The van der Waals surface area contributed by atoms with E-state index in [9.17, 15) is 22.8 Å². The van der Waals surface area contributed by atoms with Gasteiger partial charge in [0.05, 0.1) is 25.0 Å². The molecule has 0 saturated heterocycles. The lowest BCUT2D eigenvalue weighted by Gasteiger charge is -2.11. The highest BCUT2D eigenvalue weighted by atomic mass is 32.2. The average molecular weight is 530 g/mol. The van der Waals surface area contributed by atoms with Crippen molar-refractivity contribution in [3.05, 3.63) is 17.8 Å². The van der Waals surface area contributed by atoms with E-state index in [1.807, 2.05) is 11.6 Å².